The molecule has 1 N–H and O–H groups in total. The quantitative estimate of drug-likeness (QED) is 0.456. The second kappa shape index (κ2) is 9.43. The molecule has 2 heterocycles. The number of ether oxygens (including phenoxy) is 4. The van der Waals surface area contributed by atoms with E-state index in [9.17, 15) is 9.18 Å². The lowest BCUT2D eigenvalue weighted by molar-refractivity contribution is -0.114. The van der Waals surface area contributed by atoms with E-state index in [2.05, 4.69) is 31.6 Å². The molecule has 0 radical (unpaired) electrons. The first-order valence-electron chi connectivity index (χ1n) is 9.55. The van der Waals surface area contributed by atoms with E-state index in [1.165, 1.54) is 32.6 Å². The molecule has 168 valence electrons. The third kappa shape index (κ3) is 4.33. The molecule has 0 bridgehead atoms. The number of hydrogen-bond donors (Lipinski definition) is 1. The van der Waals surface area contributed by atoms with Gasteiger partial charge in [0.05, 0.1) is 24.9 Å². The Balaban J connectivity index is 1.42. The van der Waals surface area contributed by atoms with Crippen molar-refractivity contribution in [3.8, 4) is 23.0 Å². The van der Waals surface area contributed by atoms with Crippen LogP contribution in [0.2, 0.25) is 0 Å². The third-order valence-corrected chi connectivity index (χ3v) is 5.69. The van der Waals surface area contributed by atoms with E-state index in [4.69, 9.17) is 23.8 Å². The van der Waals surface area contributed by atoms with Gasteiger partial charge < -0.3 is 23.8 Å². The molecule has 0 aliphatic carbocycles. The molecule has 4 rings (SSSR count). The van der Waals surface area contributed by atoms with Gasteiger partial charge in [-0.15, -0.1) is 0 Å². The van der Waals surface area contributed by atoms with Gasteiger partial charge in [0.2, 0.25) is 18.3 Å². The molecule has 2 aromatic rings. The van der Waals surface area contributed by atoms with Crippen molar-refractivity contribution in [2.24, 2.45) is 10.3 Å². The first-order chi connectivity index (χ1) is 15.5. The van der Waals surface area contributed by atoms with Crippen LogP contribution in [-0.2, 0) is 16.1 Å². The van der Waals surface area contributed by atoms with Gasteiger partial charge in [0.25, 0.3) is 5.91 Å². The zero-order valence-electron chi connectivity index (χ0n) is 17.2. The van der Waals surface area contributed by atoms with Gasteiger partial charge in [-0.05, 0) is 33.6 Å². The highest BCUT2D eigenvalue weighted by Crippen LogP contribution is 2.54. The Morgan fingerprint density at radius 1 is 1.25 bits per heavy atom. The fraction of sp³-hybridized carbons (Fsp3) is 0.286. The van der Waals surface area contributed by atoms with Crippen LogP contribution >= 0.6 is 15.9 Å². The highest BCUT2D eigenvalue weighted by atomic mass is 79.9. The molecule has 0 fully saturated rings. The van der Waals surface area contributed by atoms with Gasteiger partial charge >= 0.3 is 0 Å². The molecular formula is C21H19BrFN3O6. The van der Waals surface area contributed by atoms with E-state index in [0.29, 0.717) is 39.5 Å². The summed E-state index contributed by atoms with van der Waals surface area (Å²) in [6.45, 7) is 0.0593. The molecular weight excluding hydrogens is 489 g/mol. The summed E-state index contributed by atoms with van der Waals surface area (Å²) >= 11 is 3.54. The third-order valence-electron chi connectivity index (χ3n) is 4.85. The number of carbonyl (C=O) groups is 1. The van der Waals surface area contributed by atoms with E-state index in [-0.39, 0.29) is 24.7 Å². The van der Waals surface area contributed by atoms with Gasteiger partial charge in [-0.25, -0.2) is 9.82 Å². The van der Waals surface area contributed by atoms with E-state index < -0.39 is 12.0 Å². The van der Waals surface area contributed by atoms with Crippen LogP contribution in [0.25, 0.3) is 0 Å². The van der Waals surface area contributed by atoms with Crippen molar-refractivity contribution in [3.05, 3.63) is 45.7 Å². The van der Waals surface area contributed by atoms with Gasteiger partial charge in [-0.2, -0.15) is 5.10 Å². The normalized spacial score (nSPS) is 16.6. The number of oxime groups is 1. The SMILES string of the molecule is COc1c(Br)c(CC2CC(C(=O)N/N=C\c3ccc(F)cc3)=NO2)c(OC)c2c1OCO2. The summed E-state index contributed by atoms with van der Waals surface area (Å²) in [5.74, 6) is 1.06. The summed E-state index contributed by atoms with van der Waals surface area (Å²) in [6.07, 6.45) is 1.64. The highest BCUT2D eigenvalue weighted by molar-refractivity contribution is 9.10. The van der Waals surface area contributed by atoms with Crippen molar-refractivity contribution in [1.82, 2.24) is 5.43 Å². The summed E-state index contributed by atoms with van der Waals surface area (Å²) in [7, 11) is 3.06. The summed E-state index contributed by atoms with van der Waals surface area (Å²) < 4.78 is 35.6. The molecule has 11 heteroatoms. The fourth-order valence-electron chi connectivity index (χ4n) is 3.35. The lowest BCUT2D eigenvalue weighted by Gasteiger charge is -2.18. The molecule has 2 aliphatic rings. The summed E-state index contributed by atoms with van der Waals surface area (Å²) in [4.78, 5) is 17.8. The number of halogens is 2. The predicted molar refractivity (Wildman–Crippen MR) is 116 cm³/mol. The lowest BCUT2D eigenvalue weighted by Crippen LogP contribution is -2.27. The maximum Gasteiger partial charge on any atom is 0.289 e. The Morgan fingerprint density at radius 2 is 1.94 bits per heavy atom. The van der Waals surface area contributed by atoms with Crippen molar-refractivity contribution in [2.75, 3.05) is 21.0 Å². The van der Waals surface area contributed by atoms with Crippen LogP contribution in [0.3, 0.4) is 0 Å². The second-order valence-electron chi connectivity index (χ2n) is 6.85. The summed E-state index contributed by atoms with van der Waals surface area (Å²) in [6, 6.07) is 5.70. The average Bonchev–Trinajstić information content (AvgIpc) is 3.46. The monoisotopic (exact) mass is 507 g/mol. The van der Waals surface area contributed by atoms with Crippen LogP contribution < -0.4 is 24.4 Å². The van der Waals surface area contributed by atoms with E-state index >= 15 is 0 Å². The van der Waals surface area contributed by atoms with Crippen LogP contribution in [0.4, 0.5) is 4.39 Å². The van der Waals surface area contributed by atoms with E-state index in [0.717, 1.165) is 5.56 Å². The van der Waals surface area contributed by atoms with Crippen LogP contribution in [0.1, 0.15) is 17.5 Å². The van der Waals surface area contributed by atoms with Crippen molar-refractivity contribution in [1.29, 1.82) is 0 Å². The number of fused-ring (bicyclic) bond motifs is 1. The van der Waals surface area contributed by atoms with Crippen LogP contribution in [-0.4, -0.2) is 44.9 Å². The fourth-order valence-corrected chi connectivity index (χ4v) is 4.03. The largest absolute Gasteiger partial charge is 0.492 e. The van der Waals surface area contributed by atoms with Gasteiger partial charge in [-0.3, -0.25) is 4.79 Å². The minimum Gasteiger partial charge on any atom is -0.492 e. The summed E-state index contributed by atoms with van der Waals surface area (Å²) in [5, 5.41) is 7.76. The second-order valence-corrected chi connectivity index (χ2v) is 7.64. The lowest BCUT2D eigenvalue weighted by atomic mass is 10.0. The molecule has 2 aromatic carbocycles. The predicted octanol–water partition coefficient (Wildman–Crippen LogP) is 3.17. The Labute approximate surface area is 191 Å². The van der Waals surface area contributed by atoms with E-state index in [1.807, 2.05) is 0 Å². The Hall–Kier alpha value is -3.34. The van der Waals surface area contributed by atoms with Gasteiger partial charge in [0, 0.05) is 18.4 Å². The van der Waals surface area contributed by atoms with Crippen LogP contribution in [0.15, 0.2) is 39.0 Å². The maximum atomic E-state index is 12.9. The first-order valence-corrected chi connectivity index (χ1v) is 10.3. The molecule has 1 amide bonds. The Bertz CT molecular complexity index is 1090. The van der Waals surface area contributed by atoms with Gasteiger partial charge in [0.15, 0.2) is 11.5 Å². The number of rotatable bonds is 7. The molecule has 2 aliphatic heterocycles. The number of amides is 1. The average molecular weight is 508 g/mol. The molecule has 0 aromatic heterocycles. The number of methoxy groups -OCH3 is 2. The summed E-state index contributed by atoms with van der Waals surface area (Å²) in [5.41, 5.74) is 3.98. The molecule has 0 spiro atoms. The number of benzene rings is 2. The minimum atomic E-state index is -0.486. The molecule has 32 heavy (non-hydrogen) atoms. The number of carbonyl (C=O) groups excluding carboxylic acids is 1. The number of nitrogens with zero attached hydrogens (tertiary/aromatic N) is 2. The number of nitrogens with one attached hydrogen (secondary N) is 1. The van der Waals surface area contributed by atoms with Crippen LogP contribution in [0.5, 0.6) is 23.0 Å². The zero-order valence-corrected chi connectivity index (χ0v) is 18.8. The Kier molecular flexibility index (Phi) is 6.45. The topological polar surface area (TPSA) is 100.0 Å². The minimum absolute atomic E-state index is 0.0593. The maximum absolute atomic E-state index is 12.9. The zero-order chi connectivity index (χ0) is 22.7. The molecule has 1 unspecified atom stereocenters. The number of hydrogen-bond acceptors (Lipinski definition) is 8. The van der Waals surface area contributed by atoms with E-state index in [1.54, 1.807) is 12.1 Å². The van der Waals surface area contributed by atoms with Crippen molar-refractivity contribution in [2.45, 2.75) is 18.9 Å². The molecule has 0 saturated carbocycles. The number of hydrazone groups is 1. The van der Waals surface area contributed by atoms with Crippen molar-refractivity contribution in [3.63, 3.8) is 0 Å². The van der Waals surface area contributed by atoms with Crippen LogP contribution in [0, 0.1) is 5.82 Å². The van der Waals surface area contributed by atoms with Gasteiger partial charge in [0.1, 0.15) is 17.6 Å². The Morgan fingerprint density at radius 3 is 2.62 bits per heavy atom. The standard InChI is InChI=1S/C21H19BrFN3O6/c1-28-17-14(16(22)18(29-2)20-19(17)30-10-31-20)7-13-8-15(26-32-13)21(27)25-24-9-11-3-5-12(23)6-4-11/h3-6,9,13H,7-8,10H2,1-2H3,(H,25,27)/b24-9-. The smallest absolute Gasteiger partial charge is 0.289 e. The van der Waals surface area contributed by atoms with Crippen molar-refractivity contribution >= 4 is 33.8 Å². The first kappa shape index (κ1) is 21.9. The highest BCUT2D eigenvalue weighted by Gasteiger charge is 2.34. The van der Waals surface area contributed by atoms with Crippen molar-refractivity contribution < 1.29 is 33.0 Å². The molecule has 0 saturated heterocycles. The van der Waals surface area contributed by atoms with Gasteiger partial charge in [-0.1, -0.05) is 17.3 Å². The molecule has 9 nitrogen and oxygen atoms in total. The molecule has 1 atom stereocenters.